The van der Waals surface area contributed by atoms with Crippen LogP contribution >= 0.6 is 0 Å². The summed E-state index contributed by atoms with van der Waals surface area (Å²) in [6.45, 7) is 7.36. The molecule has 2 aliphatic rings. The Morgan fingerprint density at radius 2 is 0.973 bits per heavy atom. The van der Waals surface area contributed by atoms with Gasteiger partial charge in [0.15, 0.2) is 0 Å². The van der Waals surface area contributed by atoms with E-state index in [4.69, 9.17) is 4.42 Å². The van der Waals surface area contributed by atoms with E-state index in [1.54, 1.807) is 0 Å². The topological polar surface area (TPSA) is 13.1 Å². The summed E-state index contributed by atoms with van der Waals surface area (Å²) in [5, 5.41) is 4.86. The second-order valence-corrected chi connectivity index (χ2v) is 22.1. The molecular formula is C74H58O. The second kappa shape index (κ2) is 17.9. The molecule has 3 atom stereocenters. The van der Waals surface area contributed by atoms with E-state index in [0.717, 1.165) is 41.2 Å². The zero-order valence-electron chi connectivity index (χ0n) is 42.9. The van der Waals surface area contributed by atoms with Crippen LogP contribution in [-0.2, 0) is 30.1 Å². The monoisotopic (exact) mass is 962 g/mol. The van der Waals surface area contributed by atoms with Crippen LogP contribution in [0.3, 0.4) is 0 Å². The minimum atomic E-state index is -0.295. The van der Waals surface area contributed by atoms with E-state index in [-0.39, 0.29) is 16.7 Å². The molecule has 0 saturated carbocycles. The summed E-state index contributed by atoms with van der Waals surface area (Å²) in [5.41, 5.74) is 24.2. The summed E-state index contributed by atoms with van der Waals surface area (Å²) >= 11 is 0. The van der Waals surface area contributed by atoms with Crippen molar-refractivity contribution in [1.82, 2.24) is 0 Å². The van der Waals surface area contributed by atoms with E-state index in [1.165, 1.54) is 105 Å². The summed E-state index contributed by atoms with van der Waals surface area (Å²) in [5.74, 6) is 0.605. The Balaban J connectivity index is 0.829. The van der Waals surface area contributed by atoms with Crippen LogP contribution in [0, 0.1) is 5.92 Å². The third-order valence-corrected chi connectivity index (χ3v) is 17.4. The molecule has 0 bridgehead atoms. The standard InChI is InChI=1S/C74H58O/c1-48(40-51-28-38-68-65(42-51)60-22-12-14-24-67(60)74(68,59-20-8-5-9-21-59)47-50-16-6-4-7-17-50)64(41-49-26-29-53(30-27-49)56-35-39-72-66(44-56)63-23-13-15-25-71(63)75-72)58-34-37-62-61-36-33-57(45-69(61)73(2,3)70(62)46-58)55-32-31-52-18-10-11-19-54(52)43-55/h4-39,42-46,48,64H,40-41,47H2,1-3H3. The first-order valence-electron chi connectivity index (χ1n) is 26.9. The van der Waals surface area contributed by atoms with Crippen molar-refractivity contribution in [2.24, 2.45) is 5.92 Å². The van der Waals surface area contributed by atoms with E-state index in [1.807, 2.05) is 6.07 Å². The van der Waals surface area contributed by atoms with E-state index in [9.17, 15) is 0 Å². The van der Waals surface area contributed by atoms with Crippen molar-refractivity contribution < 1.29 is 4.42 Å². The molecule has 11 aromatic carbocycles. The molecule has 75 heavy (non-hydrogen) atoms. The van der Waals surface area contributed by atoms with Gasteiger partial charge in [-0.3, -0.25) is 0 Å². The summed E-state index contributed by atoms with van der Waals surface area (Å²) in [6.07, 6.45) is 2.80. The number of rotatable bonds is 11. The summed E-state index contributed by atoms with van der Waals surface area (Å²) < 4.78 is 6.19. The lowest BCUT2D eigenvalue weighted by atomic mass is 9.68. The van der Waals surface area contributed by atoms with Gasteiger partial charge in [0.2, 0.25) is 0 Å². The van der Waals surface area contributed by atoms with Gasteiger partial charge in [-0.15, -0.1) is 0 Å². The van der Waals surface area contributed by atoms with Crippen LogP contribution in [0.15, 0.2) is 253 Å². The highest BCUT2D eigenvalue weighted by Crippen LogP contribution is 2.55. The first-order valence-corrected chi connectivity index (χ1v) is 26.9. The third-order valence-electron chi connectivity index (χ3n) is 17.4. The maximum atomic E-state index is 6.19. The molecule has 0 amide bonds. The molecule has 0 saturated heterocycles. The van der Waals surface area contributed by atoms with Crippen LogP contribution in [0.2, 0.25) is 0 Å². The Morgan fingerprint density at radius 3 is 1.81 bits per heavy atom. The average molecular weight is 963 g/mol. The number of fused-ring (bicyclic) bond motifs is 10. The van der Waals surface area contributed by atoms with Gasteiger partial charge in [-0.05, 0) is 167 Å². The average Bonchev–Trinajstić information content (AvgIpc) is 4.08. The fraction of sp³-hybridized carbons (Fsp3) is 0.135. The van der Waals surface area contributed by atoms with Crippen LogP contribution in [0.1, 0.15) is 76.8 Å². The van der Waals surface area contributed by atoms with Crippen molar-refractivity contribution in [2.45, 2.75) is 56.8 Å². The highest BCUT2D eigenvalue weighted by atomic mass is 16.3. The van der Waals surface area contributed by atoms with Crippen molar-refractivity contribution in [1.29, 1.82) is 0 Å². The van der Waals surface area contributed by atoms with Crippen LogP contribution in [0.5, 0.6) is 0 Å². The highest BCUT2D eigenvalue weighted by molar-refractivity contribution is 6.06. The van der Waals surface area contributed by atoms with Crippen LogP contribution in [-0.4, -0.2) is 0 Å². The smallest absolute Gasteiger partial charge is 0.135 e. The Bertz CT molecular complexity index is 4140. The first-order chi connectivity index (χ1) is 36.8. The minimum absolute atomic E-state index is 0.164. The van der Waals surface area contributed by atoms with E-state index in [2.05, 4.69) is 263 Å². The van der Waals surface area contributed by atoms with Crippen LogP contribution < -0.4 is 0 Å². The molecule has 0 spiro atoms. The fourth-order valence-corrected chi connectivity index (χ4v) is 13.5. The molecule has 1 heterocycles. The van der Waals surface area contributed by atoms with Gasteiger partial charge in [0, 0.05) is 16.2 Å². The first kappa shape index (κ1) is 45.1. The van der Waals surface area contributed by atoms with Gasteiger partial charge >= 0.3 is 0 Å². The zero-order chi connectivity index (χ0) is 50.3. The van der Waals surface area contributed by atoms with Crippen molar-refractivity contribution in [2.75, 3.05) is 0 Å². The molecule has 2 aliphatic carbocycles. The fourth-order valence-electron chi connectivity index (χ4n) is 13.5. The molecule has 0 N–H and O–H groups in total. The second-order valence-electron chi connectivity index (χ2n) is 22.1. The van der Waals surface area contributed by atoms with Crippen LogP contribution in [0.25, 0.3) is 77.2 Å². The summed E-state index contributed by atoms with van der Waals surface area (Å²) in [6, 6.07) is 93.5. The molecule has 360 valence electrons. The van der Waals surface area contributed by atoms with Gasteiger partial charge in [-0.25, -0.2) is 0 Å². The zero-order valence-corrected chi connectivity index (χ0v) is 42.9. The molecule has 1 aromatic heterocycles. The van der Waals surface area contributed by atoms with Crippen LogP contribution in [0.4, 0.5) is 0 Å². The maximum Gasteiger partial charge on any atom is 0.135 e. The van der Waals surface area contributed by atoms with Crippen molar-refractivity contribution in [3.63, 3.8) is 0 Å². The minimum Gasteiger partial charge on any atom is -0.456 e. The lowest BCUT2D eigenvalue weighted by molar-refractivity contribution is 0.452. The molecule has 0 fully saturated rings. The van der Waals surface area contributed by atoms with Crippen molar-refractivity contribution in [3.8, 4) is 44.5 Å². The van der Waals surface area contributed by atoms with E-state index in [0.29, 0.717) is 5.92 Å². The molecule has 14 rings (SSSR count). The van der Waals surface area contributed by atoms with Gasteiger partial charge in [0.05, 0.1) is 5.41 Å². The SMILES string of the molecule is CC(Cc1ccc2c(c1)-c1ccccc1C2(Cc1ccccc1)c1ccccc1)C(Cc1ccc(-c2ccc3oc4ccccc4c3c2)cc1)c1ccc2c(c1)C(C)(C)c1cc(-c3ccc4ccccc4c3)ccc1-2. The number of furan rings is 1. The van der Waals surface area contributed by atoms with Gasteiger partial charge in [-0.2, -0.15) is 0 Å². The lowest BCUT2D eigenvalue weighted by Gasteiger charge is -2.33. The van der Waals surface area contributed by atoms with Crippen molar-refractivity contribution >= 4 is 32.7 Å². The number of para-hydroxylation sites is 1. The van der Waals surface area contributed by atoms with Gasteiger partial charge in [-0.1, -0.05) is 239 Å². The molecule has 3 unspecified atom stereocenters. The molecule has 0 radical (unpaired) electrons. The molecule has 1 nitrogen and oxygen atoms in total. The van der Waals surface area contributed by atoms with Crippen molar-refractivity contribution in [3.05, 3.63) is 299 Å². The molecular weight excluding hydrogens is 905 g/mol. The Hall–Kier alpha value is -8.52. The highest BCUT2D eigenvalue weighted by Gasteiger charge is 2.45. The predicted octanol–water partition coefficient (Wildman–Crippen LogP) is 19.1. The molecule has 0 aliphatic heterocycles. The summed E-state index contributed by atoms with van der Waals surface area (Å²) in [7, 11) is 0. The number of benzene rings is 11. The Labute approximate surface area is 440 Å². The van der Waals surface area contributed by atoms with Gasteiger partial charge in [0.1, 0.15) is 11.2 Å². The summed E-state index contributed by atoms with van der Waals surface area (Å²) in [4.78, 5) is 0. The van der Waals surface area contributed by atoms with Gasteiger partial charge < -0.3 is 4.42 Å². The molecule has 1 heteroatoms. The predicted molar refractivity (Wildman–Crippen MR) is 314 cm³/mol. The Kier molecular flexibility index (Phi) is 10.7. The quantitative estimate of drug-likeness (QED) is 0.126. The normalized spacial score (nSPS) is 15.9. The van der Waals surface area contributed by atoms with E-state index >= 15 is 0 Å². The molecule has 12 aromatic rings. The third kappa shape index (κ3) is 7.59. The number of hydrogen-bond acceptors (Lipinski definition) is 1. The number of hydrogen-bond donors (Lipinski definition) is 0. The Morgan fingerprint density at radius 1 is 0.373 bits per heavy atom. The maximum absolute atomic E-state index is 6.19. The largest absolute Gasteiger partial charge is 0.456 e. The van der Waals surface area contributed by atoms with Gasteiger partial charge in [0.25, 0.3) is 0 Å². The van der Waals surface area contributed by atoms with E-state index < -0.39 is 0 Å². The lowest BCUT2D eigenvalue weighted by Crippen LogP contribution is -2.29.